The monoisotopic (exact) mass is 574 g/mol. The molecule has 1 N–H and O–H groups in total. The highest BCUT2D eigenvalue weighted by atomic mass is 28.4. The maximum Gasteiger partial charge on any atom is 0.370 e. The third kappa shape index (κ3) is 4.45. The molecule has 3 saturated heterocycles. The van der Waals surface area contributed by atoms with Crippen LogP contribution in [-0.2, 0) is 42.1 Å². The molecule has 0 aromatic carbocycles. The maximum atomic E-state index is 13.5. The minimum atomic E-state index is -2.90. The molecule has 3 rings (SSSR count). The number of hydrogen-bond donors (Lipinski definition) is 1. The van der Waals surface area contributed by atoms with Crippen LogP contribution in [0, 0.1) is 0 Å². The smallest absolute Gasteiger partial charge is 0.370 e. The number of ether oxygens (including phenoxy) is 5. The van der Waals surface area contributed by atoms with Gasteiger partial charge in [0.25, 0.3) is 5.60 Å². The summed E-state index contributed by atoms with van der Waals surface area (Å²) in [7, 11) is -4.05. The van der Waals surface area contributed by atoms with Crippen LogP contribution in [0.25, 0.3) is 0 Å². The van der Waals surface area contributed by atoms with E-state index in [1.54, 1.807) is 6.08 Å². The van der Waals surface area contributed by atoms with Gasteiger partial charge in [0.05, 0.1) is 19.3 Å². The summed E-state index contributed by atoms with van der Waals surface area (Å²) in [5.41, 5.74) is -4.16. The highest BCUT2D eigenvalue weighted by Gasteiger charge is 2.86. The fourth-order valence-electron chi connectivity index (χ4n) is 4.80. The molecule has 0 spiro atoms. The van der Waals surface area contributed by atoms with E-state index in [9.17, 15) is 14.7 Å². The first-order chi connectivity index (χ1) is 17.2. The van der Waals surface area contributed by atoms with Crippen molar-refractivity contribution in [1.29, 1.82) is 0 Å². The average molecular weight is 575 g/mol. The van der Waals surface area contributed by atoms with Gasteiger partial charge in [-0.15, -0.1) is 6.58 Å². The molecule has 3 fully saturated rings. The van der Waals surface area contributed by atoms with Gasteiger partial charge >= 0.3 is 17.7 Å². The van der Waals surface area contributed by atoms with E-state index < -0.39 is 70.7 Å². The molecule has 0 bridgehead atoms. The Labute approximate surface area is 228 Å². The fraction of sp³-hybridized carbons (Fsp3) is 0.846. The van der Waals surface area contributed by atoms with Crippen molar-refractivity contribution in [2.45, 2.75) is 120 Å². The number of aliphatic hydroxyl groups is 1. The average Bonchev–Trinajstić information content (AvgIpc) is 3.29. The summed E-state index contributed by atoms with van der Waals surface area (Å²) >= 11 is 0. The first kappa shape index (κ1) is 31.4. The van der Waals surface area contributed by atoms with E-state index in [0.29, 0.717) is 0 Å². The lowest BCUT2D eigenvalue weighted by molar-refractivity contribution is -0.303. The fourth-order valence-corrected chi connectivity index (χ4v) is 7.42. The van der Waals surface area contributed by atoms with Crippen molar-refractivity contribution in [2.24, 2.45) is 0 Å². The summed E-state index contributed by atoms with van der Waals surface area (Å²) in [5, 5.41) is 11.6. The van der Waals surface area contributed by atoms with E-state index in [-0.39, 0.29) is 23.1 Å². The van der Waals surface area contributed by atoms with Gasteiger partial charge < -0.3 is 37.6 Å². The molecule has 0 aromatic heterocycles. The molecule has 3 aliphatic rings. The molecule has 0 radical (unpaired) electrons. The zero-order chi connectivity index (χ0) is 29.2. The molecular weight excluding hydrogens is 528 g/mol. The Bertz CT molecular complexity index is 955. The predicted molar refractivity (Wildman–Crippen MR) is 144 cm³/mol. The normalized spacial score (nSPS) is 36.2. The quantitative estimate of drug-likeness (QED) is 0.274. The number of hydrogen-bond acceptors (Lipinski definition) is 10. The second-order valence-electron chi connectivity index (χ2n) is 13.5. The van der Waals surface area contributed by atoms with Gasteiger partial charge in [-0.3, -0.25) is 0 Å². The predicted octanol–water partition coefficient (Wildman–Crippen LogP) is 3.64. The molecular formula is C26H46O10Si2. The molecule has 6 atom stereocenters. The summed E-state index contributed by atoms with van der Waals surface area (Å²) in [4.78, 5) is 26.8. The minimum Gasteiger partial charge on any atom is -0.465 e. The molecule has 38 heavy (non-hydrogen) atoms. The van der Waals surface area contributed by atoms with Crippen LogP contribution in [0.1, 0.15) is 48.0 Å². The summed E-state index contributed by atoms with van der Waals surface area (Å²) in [6, 6.07) is 0. The topological polar surface area (TPSA) is 119 Å². The lowest BCUT2D eigenvalue weighted by Gasteiger charge is -2.49. The summed E-state index contributed by atoms with van der Waals surface area (Å²) < 4.78 is 42.9. The van der Waals surface area contributed by atoms with Crippen molar-refractivity contribution in [1.82, 2.24) is 0 Å². The van der Waals surface area contributed by atoms with Gasteiger partial charge in [0.2, 0.25) is 0 Å². The Morgan fingerprint density at radius 3 is 2.13 bits per heavy atom. The zero-order valence-electron chi connectivity index (χ0n) is 24.8. The van der Waals surface area contributed by atoms with Crippen LogP contribution >= 0.6 is 0 Å². The Kier molecular flexibility index (Phi) is 8.06. The number of carbonyl (C=O) groups is 2. The summed E-state index contributed by atoms with van der Waals surface area (Å²) in [6.45, 7) is 24.1. The summed E-state index contributed by atoms with van der Waals surface area (Å²) in [5.74, 6) is -5.10. The number of cyclic esters (lactones) is 1. The van der Waals surface area contributed by atoms with E-state index in [4.69, 9.17) is 32.5 Å². The molecule has 10 nitrogen and oxygen atoms in total. The zero-order valence-corrected chi connectivity index (χ0v) is 26.8. The molecule has 0 amide bonds. The van der Waals surface area contributed by atoms with Crippen LogP contribution in [0.15, 0.2) is 12.7 Å². The van der Waals surface area contributed by atoms with E-state index in [1.165, 1.54) is 0 Å². The van der Waals surface area contributed by atoms with Crippen molar-refractivity contribution in [3.63, 3.8) is 0 Å². The molecule has 3 heterocycles. The number of esters is 2. The maximum absolute atomic E-state index is 13.5. The van der Waals surface area contributed by atoms with Crippen LogP contribution in [-0.4, -0.2) is 89.5 Å². The van der Waals surface area contributed by atoms with Crippen LogP contribution in [0.3, 0.4) is 0 Å². The van der Waals surface area contributed by atoms with Crippen LogP contribution in [0.5, 0.6) is 0 Å². The second kappa shape index (κ2) is 9.76. The highest BCUT2D eigenvalue weighted by molar-refractivity contribution is 6.74. The largest absolute Gasteiger partial charge is 0.465 e. The van der Waals surface area contributed by atoms with Gasteiger partial charge in [0.15, 0.2) is 22.2 Å². The Morgan fingerprint density at radius 1 is 1.08 bits per heavy atom. The number of rotatable bonds is 7. The van der Waals surface area contributed by atoms with Gasteiger partial charge in [0, 0.05) is 0 Å². The molecule has 3 aliphatic heterocycles. The van der Waals surface area contributed by atoms with E-state index in [2.05, 4.69) is 74.3 Å². The summed E-state index contributed by atoms with van der Waals surface area (Å²) in [6.07, 6.45) is -1.05. The van der Waals surface area contributed by atoms with E-state index in [0.717, 1.165) is 7.11 Å². The number of methoxy groups -OCH3 is 1. The SMILES string of the molecule is C=CC[C@H]1OC(O)(C(=O)OC)[C@@]23OCO[C@@]2(COC3=O)[C@H](O[Si](C)(C)C(C)(C)C)[C@@H]1O[Si](C)(C)C(C)(C)C. The van der Waals surface area contributed by atoms with E-state index in [1.807, 2.05) is 0 Å². The third-order valence-electron chi connectivity index (χ3n) is 9.14. The van der Waals surface area contributed by atoms with Crippen LogP contribution in [0.4, 0.5) is 0 Å². The van der Waals surface area contributed by atoms with Crippen molar-refractivity contribution >= 4 is 28.6 Å². The molecule has 0 aromatic rings. The lowest BCUT2D eigenvalue weighted by atomic mass is 9.74. The Morgan fingerprint density at radius 2 is 1.63 bits per heavy atom. The molecule has 218 valence electrons. The lowest BCUT2D eigenvalue weighted by Crippen LogP contribution is -2.75. The van der Waals surface area contributed by atoms with Crippen LogP contribution in [0.2, 0.25) is 36.3 Å². The third-order valence-corrected chi connectivity index (χ3v) is 18.1. The van der Waals surface area contributed by atoms with Crippen molar-refractivity contribution in [3.8, 4) is 0 Å². The second-order valence-corrected chi connectivity index (χ2v) is 23.0. The van der Waals surface area contributed by atoms with Gasteiger partial charge in [0.1, 0.15) is 19.5 Å². The highest BCUT2D eigenvalue weighted by Crippen LogP contribution is 2.57. The van der Waals surface area contributed by atoms with Gasteiger partial charge in [-0.1, -0.05) is 47.6 Å². The van der Waals surface area contributed by atoms with E-state index >= 15 is 0 Å². The van der Waals surface area contributed by atoms with Crippen molar-refractivity contribution < 1.29 is 47.2 Å². The standard InChI is InChI=1S/C26H46O10Si2/c1-13-14-17-18(35-37(9,10)22(2,3)4)19(36-38(11,12)23(5,6)7)24-15-31-20(27)25(24,33-16-32-24)26(29,34-17)21(28)30-8/h13,17-19,29H,1,14-16H2,2-12H3/t17-,18-,19-,24+,25+,26?/m1/s1. The molecule has 12 heteroatoms. The molecule has 1 unspecified atom stereocenters. The minimum absolute atomic E-state index is 0.178. The van der Waals surface area contributed by atoms with Crippen LogP contribution < -0.4 is 0 Å². The Balaban J connectivity index is 2.38. The first-order valence-corrected chi connectivity index (χ1v) is 18.9. The van der Waals surface area contributed by atoms with Crippen molar-refractivity contribution in [2.75, 3.05) is 20.5 Å². The van der Waals surface area contributed by atoms with Gasteiger partial charge in [-0.05, 0) is 42.7 Å². The van der Waals surface area contributed by atoms with Gasteiger partial charge in [-0.2, -0.15) is 0 Å². The van der Waals surface area contributed by atoms with Crippen molar-refractivity contribution in [3.05, 3.63) is 12.7 Å². The molecule has 0 saturated carbocycles. The molecule has 0 aliphatic carbocycles. The number of carbonyl (C=O) groups excluding carboxylic acids is 2. The van der Waals surface area contributed by atoms with Gasteiger partial charge in [-0.25, -0.2) is 9.59 Å². The Hall–Kier alpha value is -1.13. The first-order valence-electron chi connectivity index (χ1n) is 13.1.